The minimum atomic E-state index is -0.766. The van der Waals surface area contributed by atoms with Crippen LogP contribution in [0.2, 0.25) is 0 Å². The smallest absolute Gasteiger partial charge is 0.254 e. The molecule has 16 heavy (non-hydrogen) atoms. The number of hydrogen-bond acceptors (Lipinski definition) is 2. The van der Waals surface area contributed by atoms with Crippen LogP contribution in [0.1, 0.15) is 24.2 Å². The summed E-state index contributed by atoms with van der Waals surface area (Å²) in [5.74, 6) is 1.53. The number of nitrogen functional groups attached to an aromatic ring is 1. The van der Waals surface area contributed by atoms with E-state index in [1.165, 1.54) is 12.1 Å². The van der Waals surface area contributed by atoms with Crippen LogP contribution in [0.3, 0.4) is 0 Å². The Morgan fingerprint density at radius 3 is 2.69 bits per heavy atom. The summed E-state index contributed by atoms with van der Waals surface area (Å²) in [6.07, 6.45) is 5.24. The van der Waals surface area contributed by atoms with Crippen molar-refractivity contribution in [2.45, 2.75) is 19.4 Å². The molecule has 0 aliphatic carbocycles. The maximum absolute atomic E-state index is 12.8. The third-order valence-corrected chi connectivity index (χ3v) is 2.05. The molecule has 0 heterocycles. The topological polar surface area (TPSA) is 55.1 Å². The van der Waals surface area contributed by atoms with Crippen molar-refractivity contribution in [3.63, 3.8) is 0 Å². The van der Waals surface area contributed by atoms with Gasteiger partial charge in [0.15, 0.2) is 0 Å². The highest BCUT2D eigenvalue weighted by molar-refractivity contribution is 5.99. The lowest BCUT2D eigenvalue weighted by Gasteiger charge is -2.20. The van der Waals surface area contributed by atoms with Gasteiger partial charge >= 0.3 is 0 Å². The van der Waals surface area contributed by atoms with E-state index in [4.69, 9.17) is 12.2 Å². The Morgan fingerprint density at radius 1 is 1.56 bits per heavy atom. The number of amides is 1. The predicted molar refractivity (Wildman–Crippen MR) is 61.2 cm³/mol. The molecule has 0 saturated heterocycles. The van der Waals surface area contributed by atoms with E-state index in [9.17, 15) is 9.18 Å². The van der Waals surface area contributed by atoms with E-state index in [1.54, 1.807) is 13.8 Å². The molecule has 1 rings (SSSR count). The first kappa shape index (κ1) is 12.1. The Kier molecular flexibility index (Phi) is 3.19. The zero-order valence-electron chi connectivity index (χ0n) is 9.17. The summed E-state index contributed by atoms with van der Waals surface area (Å²) in [5.41, 5.74) is 5.07. The van der Waals surface area contributed by atoms with E-state index < -0.39 is 17.3 Å². The van der Waals surface area contributed by atoms with E-state index in [-0.39, 0.29) is 11.3 Å². The van der Waals surface area contributed by atoms with Crippen LogP contribution < -0.4 is 11.1 Å². The molecule has 0 radical (unpaired) electrons. The molecular formula is C12H13FN2O. The second-order valence-corrected chi connectivity index (χ2v) is 3.96. The fourth-order valence-corrected chi connectivity index (χ4v) is 1.13. The van der Waals surface area contributed by atoms with Gasteiger partial charge in [-0.25, -0.2) is 4.39 Å². The van der Waals surface area contributed by atoms with Gasteiger partial charge in [-0.15, -0.1) is 6.42 Å². The van der Waals surface area contributed by atoms with E-state index in [2.05, 4.69) is 11.2 Å². The summed E-state index contributed by atoms with van der Waals surface area (Å²) in [6.45, 7) is 3.37. The normalized spacial score (nSPS) is 10.6. The Balaban J connectivity index is 2.95. The molecule has 1 aromatic carbocycles. The lowest BCUT2D eigenvalue weighted by atomic mass is 10.1. The van der Waals surface area contributed by atoms with Gasteiger partial charge in [0.25, 0.3) is 5.91 Å². The van der Waals surface area contributed by atoms with Gasteiger partial charge in [0, 0.05) is 5.69 Å². The molecule has 1 amide bonds. The molecule has 0 saturated carbocycles. The van der Waals surface area contributed by atoms with Crippen molar-refractivity contribution in [2.75, 3.05) is 5.73 Å². The molecule has 1 aromatic rings. The van der Waals surface area contributed by atoms with E-state index in [0.29, 0.717) is 0 Å². The van der Waals surface area contributed by atoms with Crippen molar-refractivity contribution < 1.29 is 9.18 Å². The van der Waals surface area contributed by atoms with Crippen molar-refractivity contribution in [1.29, 1.82) is 0 Å². The van der Waals surface area contributed by atoms with E-state index >= 15 is 0 Å². The second-order valence-electron chi connectivity index (χ2n) is 3.96. The molecule has 3 nitrogen and oxygen atoms in total. The number of carbonyl (C=O) groups is 1. The quantitative estimate of drug-likeness (QED) is 0.587. The van der Waals surface area contributed by atoms with Crippen molar-refractivity contribution in [2.24, 2.45) is 0 Å². The van der Waals surface area contributed by atoms with Crippen molar-refractivity contribution in [1.82, 2.24) is 5.32 Å². The minimum absolute atomic E-state index is 0.0883. The molecule has 0 spiro atoms. The molecular weight excluding hydrogens is 207 g/mol. The summed E-state index contributed by atoms with van der Waals surface area (Å²) in [5, 5.41) is 2.61. The Hall–Kier alpha value is -2.02. The molecule has 0 unspecified atom stereocenters. The monoisotopic (exact) mass is 220 g/mol. The van der Waals surface area contributed by atoms with Gasteiger partial charge in [0.2, 0.25) is 0 Å². The summed E-state index contributed by atoms with van der Waals surface area (Å²) < 4.78 is 12.8. The molecule has 0 aliphatic rings. The Labute approximate surface area is 93.8 Å². The standard InChI is InChI=1S/C12H13FN2O/c1-4-12(2,3)15-11(16)9-6-5-8(13)7-10(9)14/h1,5-7H,14H2,2-3H3,(H,15,16). The molecule has 84 valence electrons. The van der Waals surface area contributed by atoms with Crippen LogP contribution in [0.15, 0.2) is 18.2 Å². The SMILES string of the molecule is C#CC(C)(C)NC(=O)c1ccc(F)cc1N. The highest BCUT2D eigenvalue weighted by atomic mass is 19.1. The van der Waals surface area contributed by atoms with Crippen molar-refractivity contribution in [3.8, 4) is 12.3 Å². The Morgan fingerprint density at radius 2 is 2.19 bits per heavy atom. The Bertz CT molecular complexity index is 461. The number of halogens is 1. The first-order chi connectivity index (χ1) is 7.35. The largest absolute Gasteiger partial charge is 0.398 e. The van der Waals surface area contributed by atoms with Crippen LogP contribution in [0.5, 0.6) is 0 Å². The number of carbonyl (C=O) groups excluding carboxylic acids is 1. The molecule has 4 heteroatoms. The van der Waals surface area contributed by atoms with E-state index in [1.807, 2.05) is 0 Å². The van der Waals surface area contributed by atoms with Gasteiger partial charge < -0.3 is 11.1 Å². The van der Waals surface area contributed by atoms with Gasteiger partial charge in [-0.2, -0.15) is 0 Å². The first-order valence-electron chi connectivity index (χ1n) is 4.71. The van der Waals surface area contributed by atoms with E-state index in [0.717, 1.165) is 6.07 Å². The summed E-state index contributed by atoms with van der Waals surface area (Å²) in [4.78, 5) is 11.7. The number of anilines is 1. The molecule has 0 aromatic heterocycles. The number of rotatable bonds is 2. The van der Waals surface area contributed by atoms with Gasteiger partial charge in [-0.05, 0) is 32.0 Å². The zero-order chi connectivity index (χ0) is 12.3. The lowest BCUT2D eigenvalue weighted by Crippen LogP contribution is -2.42. The number of hydrogen-bond donors (Lipinski definition) is 2. The summed E-state index contributed by atoms with van der Waals surface area (Å²) in [7, 11) is 0. The van der Waals surface area contributed by atoms with Crippen LogP contribution in [0.25, 0.3) is 0 Å². The summed E-state index contributed by atoms with van der Waals surface area (Å²) >= 11 is 0. The van der Waals surface area contributed by atoms with Crippen LogP contribution in [-0.4, -0.2) is 11.4 Å². The van der Waals surface area contributed by atoms with Crippen LogP contribution in [0, 0.1) is 18.2 Å². The second kappa shape index (κ2) is 4.23. The van der Waals surface area contributed by atoms with Crippen LogP contribution >= 0.6 is 0 Å². The molecule has 0 fully saturated rings. The van der Waals surface area contributed by atoms with Gasteiger partial charge in [-0.1, -0.05) is 5.92 Å². The average molecular weight is 220 g/mol. The van der Waals surface area contributed by atoms with Crippen LogP contribution in [0.4, 0.5) is 10.1 Å². The minimum Gasteiger partial charge on any atom is -0.398 e. The maximum Gasteiger partial charge on any atom is 0.254 e. The number of benzene rings is 1. The number of nitrogens with one attached hydrogen (secondary N) is 1. The lowest BCUT2D eigenvalue weighted by molar-refractivity contribution is 0.0931. The van der Waals surface area contributed by atoms with Gasteiger partial charge in [-0.3, -0.25) is 4.79 Å². The van der Waals surface area contributed by atoms with Crippen molar-refractivity contribution >= 4 is 11.6 Å². The summed E-state index contributed by atoms with van der Waals surface area (Å²) in [6, 6.07) is 3.60. The highest BCUT2D eigenvalue weighted by Gasteiger charge is 2.19. The highest BCUT2D eigenvalue weighted by Crippen LogP contribution is 2.14. The molecule has 3 N–H and O–H groups in total. The third kappa shape index (κ3) is 2.74. The molecule has 0 bridgehead atoms. The average Bonchev–Trinajstić information content (AvgIpc) is 2.16. The fraction of sp³-hybridized carbons (Fsp3) is 0.250. The molecule has 0 atom stereocenters. The van der Waals surface area contributed by atoms with Crippen LogP contribution in [-0.2, 0) is 0 Å². The number of nitrogens with two attached hydrogens (primary N) is 1. The first-order valence-corrected chi connectivity index (χ1v) is 4.71. The number of terminal acetylenes is 1. The zero-order valence-corrected chi connectivity index (χ0v) is 9.17. The van der Waals surface area contributed by atoms with Gasteiger partial charge in [0.1, 0.15) is 5.82 Å². The van der Waals surface area contributed by atoms with Gasteiger partial charge in [0.05, 0.1) is 11.1 Å². The molecule has 0 aliphatic heterocycles. The maximum atomic E-state index is 12.8. The predicted octanol–water partition coefficient (Wildman–Crippen LogP) is 1.55. The fourth-order valence-electron chi connectivity index (χ4n) is 1.13. The third-order valence-electron chi connectivity index (χ3n) is 2.05. The van der Waals surface area contributed by atoms with Crippen molar-refractivity contribution in [3.05, 3.63) is 29.6 Å².